The van der Waals surface area contributed by atoms with Gasteiger partial charge in [-0.3, -0.25) is 0 Å². The molecule has 0 saturated heterocycles. The first-order valence-corrected chi connectivity index (χ1v) is 4.08. The fourth-order valence-electron chi connectivity index (χ4n) is 0.836. The van der Waals surface area contributed by atoms with E-state index in [1.54, 1.807) is 6.92 Å². The van der Waals surface area contributed by atoms with Gasteiger partial charge in [-0.15, -0.1) is 0 Å². The van der Waals surface area contributed by atoms with Crippen LogP contribution in [0.1, 0.15) is 27.2 Å². The van der Waals surface area contributed by atoms with E-state index in [2.05, 4.69) is 4.74 Å². The third-order valence-electron chi connectivity index (χ3n) is 1.30. The SMILES string of the molecule is CCOC(=O)C(=CF)CC(C)C. The highest BCUT2D eigenvalue weighted by molar-refractivity contribution is 5.88. The molecule has 0 aromatic carbocycles. The van der Waals surface area contributed by atoms with Crippen molar-refractivity contribution in [1.82, 2.24) is 0 Å². The summed E-state index contributed by atoms with van der Waals surface area (Å²) in [7, 11) is 0. The number of carbonyl (C=O) groups excluding carboxylic acids is 1. The summed E-state index contributed by atoms with van der Waals surface area (Å²) < 4.78 is 16.8. The van der Waals surface area contributed by atoms with Crippen molar-refractivity contribution in [2.75, 3.05) is 6.61 Å². The molecule has 12 heavy (non-hydrogen) atoms. The maximum atomic E-state index is 12.1. The van der Waals surface area contributed by atoms with Crippen LogP contribution in [0.3, 0.4) is 0 Å². The van der Waals surface area contributed by atoms with Crippen molar-refractivity contribution < 1.29 is 13.9 Å². The smallest absolute Gasteiger partial charge is 0.336 e. The summed E-state index contributed by atoms with van der Waals surface area (Å²) >= 11 is 0. The summed E-state index contributed by atoms with van der Waals surface area (Å²) in [6.45, 7) is 5.82. The van der Waals surface area contributed by atoms with Crippen LogP contribution in [0.15, 0.2) is 11.9 Å². The Morgan fingerprint density at radius 3 is 2.50 bits per heavy atom. The topological polar surface area (TPSA) is 26.3 Å². The van der Waals surface area contributed by atoms with E-state index in [1.165, 1.54) is 0 Å². The van der Waals surface area contributed by atoms with Gasteiger partial charge in [0, 0.05) is 0 Å². The molecule has 0 aromatic rings. The summed E-state index contributed by atoms with van der Waals surface area (Å²) in [5.41, 5.74) is 0.117. The predicted octanol–water partition coefficient (Wildman–Crippen LogP) is 2.45. The lowest BCUT2D eigenvalue weighted by atomic mass is 10.0. The van der Waals surface area contributed by atoms with E-state index in [-0.39, 0.29) is 18.1 Å². The Kier molecular flexibility index (Phi) is 5.34. The van der Waals surface area contributed by atoms with Gasteiger partial charge in [-0.25, -0.2) is 9.18 Å². The molecule has 0 aliphatic carbocycles. The van der Waals surface area contributed by atoms with Crippen molar-refractivity contribution in [2.45, 2.75) is 27.2 Å². The first-order valence-electron chi connectivity index (χ1n) is 4.08. The van der Waals surface area contributed by atoms with Gasteiger partial charge in [-0.2, -0.15) is 0 Å². The van der Waals surface area contributed by atoms with E-state index < -0.39 is 5.97 Å². The van der Waals surface area contributed by atoms with Gasteiger partial charge in [-0.05, 0) is 19.3 Å². The Bertz CT molecular complexity index is 173. The molecule has 0 saturated carbocycles. The number of rotatable bonds is 4. The Morgan fingerprint density at radius 2 is 2.17 bits per heavy atom. The molecule has 0 bridgehead atoms. The lowest BCUT2D eigenvalue weighted by molar-refractivity contribution is -0.138. The van der Waals surface area contributed by atoms with Gasteiger partial charge < -0.3 is 4.74 Å². The molecule has 0 aliphatic rings. The van der Waals surface area contributed by atoms with Gasteiger partial charge in [0.25, 0.3) is 0 Å². The molecule has 0 spiro atoms. The van der Waals surface area contributed by atoms with E-state index in [0.29, 0.717) is 12.8 Å². The molecular weight excluding hydrogens is 159 g/mol. The van der Waals surface area contributed by atoms with Gasteiger partial charge in [0.05, 0.1) is 18.5 Å². The molecule has 0 rings (SSSR count). The van der Waals surface area contributed by atoms with Crippen LogP contribution < -0.4 is 0 Å². The first kappa shape index (κ1) is 11.1. The number of hydrogen-bond acceptors (Lipinski definition) is 2. The van der Waals surface area contributed by atoms with Gasteiger partial charge in [-0.1, -0.05) is 13.8 Å². The molecule has 0 amide bonds. The fraction of sp³-hybridized carbons (Fsp3) is 0.667. The summed E-state index contributed by atoms with van der Waals surface area (Å²) in [5.74, 6) is -0.287. The Hall–Kier alpha value is -0.860. The molecule has 0 fully saturated rings. The predicted molar refractivity (Wildman–Crippen MR) is 45.3 cm³/mol. The summed E-state index contributed by atoms with van der Waals surface area (Å²) in [6, 6.07) is 0. The number of ether oxygens (including phenoxy) is 1. The average Bonchev–Trinajstić information content (AvgIpc) is 2.00. The lowest BCUT2D eigenvalue weighted by Gasteiger charge is -2.06. The fourth-order valence-corrected chi connectivity index (χ4v) is 0.836. The van der Waals surface area contributed by atoms with Gasteiger partial charge in [0.15, 0.2) is 0 Å². The van der Waals surface area contributed by atoms with Crippen LogP contribution in [-0.2, 0) is 9.53 Å². The quantitative estimate of drug-likeness (QED) is 0.483. The highest BCUT2D eigenvalue weighted by Crippen LogP contribution is 2.12. The number of carbonyl (C=O) groups is 1. The van der Waals surface area contributed by atoms with Gasteiger partial charge in [0.1, 0.15) is 0 Å². The number of esters is 1. The normalized spacial score (nSPS) is 11.9. The Labute approximate surface area is 72.4 Å². The molecule has 0 unspecified atom stereocenters. The molecule has 0 aliphatic heterocycles. The second-order valence-electron chi connectivity index (χ2n) is 2.95. The van der Waals surface area contributed by atoms with Crippen LogP contribution >= 0.6 is 0 Å². The zero-order valence-corrected chi connectivity index (χ0v) is 7.76. The van der Waals surface area contributed by atoms with Crippen molar-refractivity contribution in [1.29, 1.82) is 0 Å². The second-order valence-corrected chi connectivity index (χ2v) is 2.95. The molecule has 70 valence electrons. The number of halogens is 1. The molecule has 3 heteroatoms. The van der Waals surface area contributed by atoms with Crippen LogP contribution in [0, 0.1) is 5.92 Å². The Morgan fingerprint density at radius 1 is 1.58 bits per heavy atom. The highest BCUT2D eigenvalue weighted by atomic mass is 19.1. The maximum absolute atomic E-state index is 12.1. The minimum Gasteiger partial charge on any atom is -0.463 e. The third-order valence-corrected chi connectivity index (χ3v) is 1.30. The maximum Gasteiger partial charge on any atom is 0.336 e. The van der Waals surface area contributed by atoms with E-state index in [1.807, 2.05) is 13.8 Å². The standard InChI is InChI=1S/C9H15FO2/c1-4-12-9(11)8(6-10)5-7(2)3/h6-7H,4-5H2,1-3H3. The van der Waals surface area contributed by atoms with Gasteiger partial charge in [0.2, 0.25) is 0 Å². The molecular formula is C9H15FO2. The highest BCUT2D eigenvalue weighted by Gasteiger charge is 2.11. The van der Waals surface area contributed by atoms with Crippen molar-refractivity contribution in [3.05, 3.63) is 11.9 Å². The second kappa shape index (κ2) is 5.75. The van der Waals surface area contributed by atoms with Crippen LogP contribution in [0.5, 0.6) is 0 Å². The minimum atomic E-state index is -0.547. The molecule has 0 radical (unpaired) electrons. The molecule has 0 N–H and O–H groups in total. The van der Waals surface area contributed by atoms with E-state index in [0.717, 1.165) is 0 Å². The summed E-state index contributed by atoms with van der Waals surface area (Å²) in [5, 5.41) is 0. The summed E-state index contributed by atoms with van der Waals surface area (Å²) in [6.07, 6.45) is 0.757. The Balaban J connectivity index is 4.08. The van der Waals surface area contributed by atoms with E-state index in [9.17, 15) is 9.18 Å². The largest absolute Gasteiger partial charge is 0.463 e. The van der Waals surface area contributed by atoms with Crippen molar-refractivity contribution >= 4 is 5.97 Å². The molecule has 0 aromatic heterocycles. The zero-order chi connectivity index (χ0) is 9.56. The van der Waals surface area contributed by atoms with Crippen molar-refractivity contribution in [3.63, 3.8) is 0 Å². The number of hydrogen-bond donors (Lipinski definition) is 0. The molecule has 0 heterocycles. The van der Waals surface area contributed by atoms with E-state index in [4.69, 9.17) is 0 Å². The van der Waals surface area contributed by atoms with E-state index >= 15 is 0 Å². The third kappa shape index (κ3) is 4.11. The van der Waals surface area contributed by atoms with Gasteiger partial charge >= 0.3 is 5.97 Å². The molecule has 2 nitrogen and oxygen atoms in total. The minimum absolute atomic E-state index is 0.117. The van der Waals surface area contributed by atoms with Crippen molar-refractivity contribution in [2.24, 2.45) is 5.92 Å². The first-order chi connectivity index (χ1) is 5.61. The van der Waals surface area contributed by atoms with Crippen molar-refractivity contribution in [3.8, 4) is 0 Å². The van der Waals surface area contributed by atoms with Crippen LogP contribution in [0.2, 0.25) is 0 Å². The average molecular weight is 174 g/mol. The lowest BCUT2D eigenvalue weighted by Crippen LogP contribution is -2.09. The van der Waals surface area contributed by atoms with Crippen LogP contribution in [-0.4, -0.2) is 12.6 Å². The monoisotopic (exact) mass is 174 g/mol. The van der Waals surface area contributed by atoms with Crippen LogP contribution in [0.25, 0.3) is 0 Å². The zero-order valence-electron chi connectivity index (χ0n) is 7.76. The summed E-state index contributed by atoms with van der Waals surface area (Å²) in [4.78, 5) is 11.0. The molecule has 0 atom stereocenters. The van der Waals surface area contributed by atoms with Crippen LogP contribution in [0.4, 0.5) is 4.39 Å².